The lowest BCUT2D eigenvalue weighted by molar-refractivity contribution is 0.355. The summed E-state index contributed by atoms with van der Waals surface area (Å²) in [5.41, 5.74) is 0. The summed E-state index contributed by atoms with van der Waals surface area (Å²) in [5.74, 6) is 0.627. The number of ether oxygens (including phenoxy) is 1. The van der Waals surface area contributed by atoms with Crippen LogP contribution in [-0.4, -0.2) is 22.4 Å². The van der Waals surface area contributed by atoms with Gasteiger partial charge in [-0.05, 0) is 24.3 Å². The maximum Gasteiger partial charge on any atom is 0.233 e. The second kappa shape index (κ2) is 4.84. The molecule has 1 N–H and O–H groups in total. The van der Waals surface area contributed by atoms with Crippen LogP contribution in [0.5, 0.6) is 11.5 Å². The Morgan fingerprint density at radius 1 is 1.31 bits per heavy atom. The monoisotopic (exact) mass is 202 g/mol. The second-order valence-corrected chi connectivity index (χ2v) is 3.22. The van der Waals surface area contributed by atoms with E-state index in [0.717, 1.165) is 0 Å². The first-order chi connectivity index (χ1) is 6.26. The Morgan fingerprint density at radius 3 is 2.31 bits per heavy atom. The van der Waals surface area contributed by atoms with Crippen LogP contribution in [0.25, 0.3) is 0 Å². The van der Waals surface area contributed by atoms with Gasteiger partial charge in [0.1, 0.15) is 11.5 Å². The van der Waals surface area contributed by atoms with Crippen molar-refractivity contribution >= 4 is 11.1 Å². The van der Waals surface area contributed by atoms with Gasteiger partial charge in [-0.25, -0.2) is 4.21 Å². The van der Waals surface area contributed by atoms with E-state index < -0.39 is 17.0 Å². The van der Waals surface area contributed by atoms with E-state index in [1.165, 1.54) is 0 Å². The van der Waals surface area contributed by atoms with Gasteiger partial charge in [-0.2, -0.15) is 0 Å². The van der Waals surface area contributed by atoms with E-state index in [0.29, 0.717) is 11.5 Å². The van der Waals surface area contributed by atoms with Crippen LogP contribution in [0.2, 0.25) is 0 Å². The molecule has 1 unspecified atom stereocenters. The number of hydrogen-bond donors (Lipinski definition) is 1. The van der Waals surface area contributed by atoms with E-state index in [9.17, 15) is 4.21 Å². The fourth-order valence-corrected chi connectivity index (χ4v) is 1.14. The van der Waals surface area contributed by atoms with Crippen molar-refractivity contribution in [3.63, 3.8) is 0 Å². The normalized spacial score (nSPS) is 12.2. The van der Waals surface area contributed by atoms with E-state index in [-0.39, 0.29) is 0 Å². The topological polar surface area (TPSA) is 55.8 Å². The average molecular weight is 202 g/mol. The summed E-state index contributed by atoms with van der Waals surface area (Å²) >= 11 is -1.67. The summed E-state index contributed by atoms with van der Waals surface area (Å²) in [7, 11) is 1.56. The Hall–Kier alpha value is -1.07. The molecule has 0 aliphatic rings. The molecule has 0 bridgehead atoms. The van der Waals surface area contributed by atoms with Gasteiger partial charge in [-0.3, -0.25) is 0 Å². The number of aliphatic hydroxyl groups excluding tert-OH is 1. The van der Waals surface area contributed by atoms with Crippen LogP contribution in [0.15, 0.2) is 24.3 Å². The molecule has 4 nitrogen and oxygen atoms in total. The van der Waals surface area contributed by atoms with Gasteiger partial charge < -0.3 is 14.0 Å². The van der Waals surface area contributed by atoms with Crippen molar-refractivity contribution in [1.29, 1.82) is 0 Å². The summed E-state index contributed by atoms with van der Waals surface area (Å²) in [6, 6.07) is 6.60. The zero-order valence-corrected chi connectivity index (χ0v) is 7.91. The highest BCUT2D eigenvalue weighted by Crippen LogP contribution is 2.17. The highest BCUT2D eigenvalue weighted by atomic mass is 32.2. The first-order valence-corrected chi connectivity index (χ1v) is 4.82. The van der Waals surface area contributed by atoms with Gasteiger partial charge in [0.15, 0.2) is 5.94 Å². The molecular formula is C8H10O4S. The third-order valence-corrected chi connectivity index (χ3v) is 1.94. The quantitative estimate of drug-likeness (QED) is 0.780. The van der Waals surface area contributed by atoms with E-state index in [2.05, 4.69) is 0 Å². The molecule has 0 spiro atoms. The van der Waals surface area contributed by atoms with Crippen molar-refractivity contribution in [3.8, 4) is 11.5 Å². The molecule has 0 amide bonds. The van der Waals surface area contributed by atoms with Gasteiger partial charge in [0.2, 0.25) is 11.1 Å². The van der Waals surface area contributed by atoms with E-state index in [4.69, 9.17) is 14.0 Å². The first kappa shape index (κ1) is 10.0. The fourth-order valence-electron chi connectivity index (χ4n) is 0.765. The van der Waals surface area contributed by atoms with Gasteiger partial charge >= 0.3 is 0 Å². The average Bonchev–Trinajstić information content (AvgIpc) is 2.19. The minimum atomic E-state index is -1.67. The zero-order valence-electron chi connectivity index (χ0n) is 7.10. The Balaban J connectivity index is 2.64. The molecule has 1 aromatic rings. The third-order valence-electron chi connectivity index (χ3n) is 1.35. The van der Waals surface area contributed by atoms with Gasteiger partial charge in [-0.1, -0.05) is 0 Å². The number of hydrogen-bond acceptors (Lipinski definition) is 4. The molecule has 0 saturated heterocycles. The number of methoxy groups -OCH3 is 1. The molecule has 0 heterocycles. The van der Waals surface area contributed by atoms with Gasteiger partial charge in [-0.15, -0.1) is 0 Å². The lowest BCUT2D eigenvalue weighted by atomic mass is 10.3. The Kier molecular flexibility index (Phi) is 3.72. The summed E-state index contributed by atoms with van der Waals surface area (Å²) in [5, 5.41) is 8.45. The van der Waals surface area contributed by atoms with Crippen LogP contribution in [0, 0.1) is 0 Å². The van der Waals surface area contributed by atoms with Crippen molar-refractivity contribution in [3.05, 3.63) is 24.3 Å². The lowest BCUT2D eigenvalue weighted by Gasteiger charge is -2.03. The number of benzene rings is 1. The third kappa shape index (κ3) is 3.04. The molecule has 0 aliphatic heterocycles. The molecule has 1 rings (SSSR count). The highest BCUT2D eigenvalue weighted by Gasteiger charge is 1.99. The number of aliphatic hydroxyl groups is 1. The van der Waals surface area contributed by atoms with Crippen molar-refractivity contribution < 1.29 is 18.2 Å². The molecule has 0 aliphatic carbocycles. The summed E-state index contributed by atoms with van der Waals surface area (Å²) in [6.45, 7) is 0. The highest BCUT2D eigenvalue weighted by molar-refractivity contribution is 7.80. The zero-order chi connectivity index (χ0) is 9.68. The maximum atomic E-state index is 10.7. The molecule has 1 atom stereocenters. The predicted octanol–water partition coefficient (Wildman–Crippen LogP) is 0.688. The molecule has 0 radical (unpaired) electrons. The number of rotatable bonds is 4. The Morgan fingerprint density at radius 2 is 1.85 bits per heavy atom. The van der Waals surface area contributed by atoms with Gasteiger partial charge in [0, 0.05) is 0 Å². The smallest absolute Gasteiger partial charge is 0.233 e. The molecule has 13 heavy (non-hydrogen) atoms. The SMILES string of the molecule is COc1ccc(OS(=O)CO)cc1. The summed E-state index contributed by atoms with van der Waals surface area (Å²) in [4.78, 5) is 0. The van der Waals surface area contributed by atoms with Crippen LogP contribution in [0.3, 0.4) is 0 Å². The molecule has 0 saturated carbocycles. The van der Waals surface area contributed by atoms with E-state index in [1.807, 2.05) is 0 Å². The first-order valence-electron chi connectivity index (χ1n) is 3.58. The standard InChI is InChI=1S/C8H10O4S/c1-11-7-2-4-8(5-3-7)12-13(10)6-9/h2-5,9H,6H2,1H3. The van der Waals surface area contributed by atoms with E-state index in [1.54, 1.807) is 31.4 Å². The minimum absolute atomic E-state index is 0.438. The van der Waals surface area contributed by atoms with Crippen LogP contribution < -0.4 is 8.92 Å². The van der Waals surface area contributed by atoms with Crippen molar-refractivity contribution in [1.82, 2.24) is 0 Å². The summed E-state index contributed by atoms with van der Waals surface area (Å²) in [6.07, 6.45) is 0. The molecule has 5 heteroatoms. The van der Waals surface area contributed by atoms with Gasteiger partial charge in [0.25, 0.3) is 0 Å². The second-order valence-electron chi connectivity index (χ2n) is 2.19. The lowest BCUT2D eigenvalue weighted by Crippen LogP contribution is -2.03. The maximum absolute atomic E-state index is 10.7. The van der Waals surface area contributed by atoms with Crippen molar-refractivity contribution in [2.45, 2.75) is 0 Å². The fraction of sp³-hybridized carbons (Fsp3) is 0.250. The largest absolute Gasteiger partial charge is 0.497 e. The van der Waals surface area contributed by atoms with Crippen molar-refractivity contribution in [2.24, 2.45) is 0 Å². The van der Waals surface area contributed by atoms with Crippen LogP contribution in [-0.2, 0) is 11.1 Å². The van der Waals surface area contributed by atoms with Crippen LogP contribution >= 0.6 is 0 Å². The summed E-state index contributed by atoms with van der Waals surface area (Å²) < 4.78 is 20.5. The Bertz CT molecular complexity index is 283. The minimum Gasteiger partial charge on any atom is -0.497 e. The molecule has 1 aromatic carbocycles. The molecular weight excluding hydrogens is 192 g/mol. The molecule has 72 valence electrons. The molecule has 0 aromatic heterocycles. The Labute approximate surface area is 78.8 Å². The predicted molar refractivity (Wildman–Crippen MR) is 48.9 cm³/mol. The van der Waals surface area contributed by atoms with Crippen LogP contribution in [0.1, 0.15) is 0 Å². The van der Waals surface area contributed by atoms with Gasteiger partial charge in [0.05, 0.1) is 7.11 Å². The molecule has 0 fully saturated rings. The van der Waals surface area contributed by atoms with Crippen LogP contribution in [0.4, 0.5) is 0 Å². The van der Waals surface area contributed by atoms with Crippen molar-refractivity contribution in [2.75, 3.05) is 13.0 Å². The van der Waals surface area contributed by atoms with E-state index >= 15 is 0 Å².